The maximum atomic E-state index is 10.6. The van der Waals surface area contributed by atoms with Gasteiger partial charge in [-0.3, -0.25) is 0 Å². The second kappa shape index (κ2) is 3.96. The van der Waals surface area contributed by atoms with E-state index < -0.39 is 5.97 Å². The first-order valence-electron chi connectivity index (χ1n) is 3.49. The molecule has 0 heterocycles. The highest BCUT2D eigenvalue weighted by Crippen LogP contribution is 2.23. The van der Waals surface area contributed by atoms with E-state index in [1.54, 1.807) is 18.2 Å². The van der Waals surface area contributed by atoms with Gasteiger partial charge in [0.1, 0.15) is 5.57 Å². The third-order valence-electron chi connectivity index (χ3n) is 1.52. The molecule has 2 N–H and O–H groups in total. The van der Waals surface area contributed by atoms with E-state index in [9.17, 15) is 4.79 Å². The maximum absolute atomic E-state index is 10.6. The van der Waals surface area contributed by atoms with E-state index in [0.29, 0.717) is 16.8 Å². The Morgan fingerprint density at radius 1 is 1.38 bits per heavy atom. The Morgan fingerprint density at radius 3 is 2.46 bits per heavy atom. The molecule has 0 atom stereocenters. The van der Waals surface area contributed by atoms with Crippen molar-refractivity contribution >= 4 is 23.1 Å². The molecular formula is C9H7ClO3. The molecule has 0 unspecified atom stereocenters. The fourth-order valence-electron chi connectivity index (χ4n) is 0.920. The minimum absolute atomic E-state index is 0.217. The van der Waals surface area contributed by atoms with E-state index in [0.717, 1.165) is 0 Å². The lowest BCUT2D eigenvalue weighted by Gasteiger charge is -2.02. The van der Waals surface area contributed by atoms with Gasteiger partial charge in [0, 0.05) is 10.6 Å². The average molecular weight is 199 g/mol. The van der Waals surface area contributed by atoms with Crippen LogP contribution >= 0.6 is 11.6 Å². The number of aliphatic carboxylic acids is 1. The topological polar surface area (TPSA) is 57.5 Å². The predicted octanol–water partition coefficient (Wildman–Crippen LogP) is 2.32. The number of hydrogen-bond acceptors (Lipinski definition) is 2. The summed E-state index contributed by atoms with van der Waals surface area (Å²) in [4.78, 5) is 10.6. The Morgan fingerprint density at radius 2 is 2.00 bits per heavy atom. The normalized spacial score (nSPS) is 11.3. The number of rotatable bonds is 2. The first-order valence-corrected chi connectivity index (χ1v) is 3.87. The second-order valence-corrected chi connectivity index (χ2v) is 2.73. The van der Waals surface area contributed by atoms with E-state index in [1.165, 1.54) is 6.07 Å². The molecule has 1 rings (SSSR count). The summed E-state index contributed by atoms with van der Waals surface area (Å²) in [5, 5.41) is 17.6. The van der Waals surface area contributed by atoms with Crippen LogP contribution in [0.2, 0.25) is 5.02 Å². The number of carbonyl (C=O) groups is 1. The molecule has 0 amide bonds. The number of benzene rings is 1. The SMILES string of the molecule is O=C(O)/C(=C/O)c1ccccc1Cl. The summed E-state index contributed by atoms with van der Waals surface area (Å²) in [5.74, 6) is -1.21. The fraction of sp³-hybridized carbons (Fsp3) is 0. The Labute approximate surface area is 79.9 Å². The van der Waals surface area contributed by atoms with Gasteiger partial charge in [-0.1, -0.05) is 29.8 Å². The van der Waals surface area contributed by atoms with Crippen LogP contribution in [-0.4, -0.2) is 16.2 Å². The highest BCUT2D eigenvalue weighted by molar-refractivity contribution is 6.34. The maximum Gasteiger partial charge on any atom is 0.339 e. The van der Waals surface area contributed by atoms with Crippen molar-refractivity contribution in [3.63, 3.8) is 0 Å². The third-order valence-corrected chi connectivity index (χ3v) is 1.85. The molecule has 3 nitrogen and oxygen atoms in total. The summed E-state index contributed by atoms with van der Waals surface area (Å²) in [5.41, 5.74) is 0.0877. The van der Waals surface area contributed by atoms with Crippen molar-refractivity contribution in [2.24, 2.45) is 0 Å². The molecule has 1 aromatic carbocycles. The number of hydrogen-bond donors (Lipinski definition) is 2. The van der Waals surface area contributed by atoms with Crippen LogP contribution in [0.1, 0.15) is 5.56 Å². The summed E-state index contributed by atoms with van der Waals surface area (Å²) in [6.07, 6.45) is 0.531. The van der Waals surface area contributed by atoms with Crippen LogP contribution in [0.4, 0.5) is 0 Å². The van der Waals surface area contributed by atoms with Crippen molar-refractivity contribution in [2.45, 2.75) is 0 Å². The number of halogens is 1. The Bertz CT molecular complexity index is 358. The molecule has 0 saturated heterocycles. The molecular weight excluding hydrogens is 192 g/mol. The number of aliphatic hydroxyl groups is 1. The van der Waals surface area contributed by atoms with Crippen LogP contribution in [-0.2, 0) is 4.79 Å². The Hall–Kier alpha value is -1.48. The standard InChI is InChI=1S/C9H7ClO3/c10-8-4-2-1-3-6(8)7(5-11)9(12)13/h1-5,11H,(H,12,13)/b7-5+. The summed E-state index contributed by atoms with van der Waals surface area (Å²) in [6, 6.07) is 6.41. The van der Waals surface area contributed by atoms with Gasteiger partial charge in [-0.15, -0.1) is 0 Å². The van der Waals surface area contributed by atoms with Crippen molar-refractivity contribution in [2.75, 3.05) is 0 Å². The highest BCUT2D eigenvalue weighted by Gasteiger charge is 2.12. The van der Waals surface area contributed by atoms with E-state index >= 15 is 0 Å². The molecule has 0 spiro atoms. The van der Waals surface area contributed by atoms with Gasteiger partial charge in [0.25, 0.3) is 0 Å². The predicted molar refractivity (Wildman–Crippen MR) is 49.7 cm³/mol. The zero-order chi connectivity index (χ0) is 9.84. The van der Waals surface area contributed by atoms with E-state index in [-0.39, 0.29) is 5.57 Å². The summed E-state index contributed by atoms with van der Waals surface area (Å²) in [6.45, 7) is 0. The van der Waals surface area contributed by atoms with Gasteiger partial charge < -0.3 is 10.2 Å². The van der Waals surface area contributed by atoms with Crippen LogP contribution in [0, 0.1) is 0 Å². The highest BCUT2D eigenvalue weighted by atomic mass is 35.5. The van der Waals surface area contributed by atoms with Crippen molar-refractivity contribution in [3.05, 3.63) is 41.1 Å². The van der Waals surface area contributed by atoms with Crippen LogP contribution in [0.15, 0.2) is 30.5 Å². The minimum Gasteiger partial charge on any atom is -0.515 e. The number of carboxylic acid groups (broad SMARTS) is 1. The monoisotopic (exact) mass is 198 g/mol. The van der Waals surface area contributed by atoms with Gasteiger partial charge in [-0.2, -0.15) is 0 Å². The molecule has 0 aliphatic carbocycles. The van der Waals surface area contributed by atoms with Gasteiger partial charge in [-0.05, 0) is 6.07 Å². The third kappa shape index (κ3) is 2.00. The first kappa shape index (κ1) is 9.61. The minimum atomic E-state index is -1.21. The number of aliphatic hydroxyl groups excluding tert-OH is 1. The lowest BCUT2D eigenvalue weighted by Crippen LogP contribution is -2.00. The van der Waals surface area contributed by atoms with E-state index in [1.807, 2.05) is 0 Å². The lowest BCUT2D eigenvalue weighted by molar-refractivity contribution is -0.130. The molecule has 1 aromatic rings. The smallest absolute Gasteiger partial charge is 0.339 e. The molecule has 0 fully saturated rings. The van der Waals surface area contributed by atoms with E-state index in [4.69, 9.17) is 21.8 Å². The molecule has 0 aromatic heterocycles. The van der Waals surface area contributed by atoms with Crippen molar-refractivity contribution in [1.29, 1.82) is 0 Å². The van der Waals surface area contributed by atoms with Crippen LogP contribution in [0.5, 0.6) is 0 Å². The molecule has 0 bridgehead atoms. The van der Waals surface area contributed by atoms with Gasteiger partial charge in [0.2, 0.25) is 0 Å². The summed E-state index contributed by atoms with van der Waals surface area (Å²) < 4.78 is 0. The van der Waals surface area contributed by atoms with Gasteiger partial charge in [0.15, 0.2) is 0 Å². The summed E-state index contributed by atoms with van der Waals surface area (Å²) >= 11 is 5.73. The van der Waals surface area contributed by atoms with Gasteiger partial charge in [-0.25, -0.2) is 4.79 Å². The lowest BCUT2D eigenvalue weighted by atomic mass is 10.1. The Kier molecular flexibility index (Phi) is 2.93. The molecule has 0 aliphatic heterocycles. The first-order chi connectivity index (χ1) is 6.16. The molecule has 0 radical (unpaired) electrons. The molecule has 68 valence electrons. The molecule has 13 heavy (non-hydrogen) atoms. The quantitative estimate of drug-likeness (QED) is 0.567. The largest absolute Gasteiger partial charge is 0.515 e. The molecule has 0 saturated carbocycles. The van der Waals surface area contributed by atoms with Crippen LogP contribution in [0.3, 0.4) is 0 Å². The van der Waals surface area contributed by atoms with Crippen molar-refractivity contribution in [1.82, 2.24) is 0 Å². The molecule has 0 aliphatic rings. The Balaban J connectivity index is 3.21. The van der Waals surface area contributed by atoms with Crippen LogP contribution in [0.25, 0.3) is 5.57 Å². The summed E-state index contributed by atoms with van der Waals surface area (Å²) in [7, 11) is 0. The van der Waals surface area contributed by atoms with Crippen molar-refractivity contribution < 1.29 is 15.0 Å². The van der Waals surface area contributed by atoms with Gasteiger partial charge >= 0.3 is 5.97 Å². The van der Waals surface area contributed by atoms with Crippen molar-refractivity contribution in [3.8, 4) is 0 Å². The fourth-order valence-corrected chi connectivity index (χ4v) is 1.16. The van der Waals surface area contributed by atoms with Gasteiger partial charge in [0.05, 0.1) is 6.26 Å². The zero-order valence-electron chi connectivity index (χ0n) is 6.57. The molecule has 4 heteroatoms. The van der Waals surface area contributed by atoms with E-state index in [2.05, 4.69) is 0 Å². The second-order valence-electron chi connectivity index (χ2n) is 2.33. The van der Waals surface area contributed by atoms with Crippen LogP contribution < -0.4 is 0 Å². The number of carboxylic acids is 1. The zero-order valence-corrected chi connectivity index (χ0v) is 7.32. The average Bonchev–Trinajstić information content (AvgIpc) is 2.09.